The number of ether oxygens (including phenoxy) is 1. The number of carbonyl (C=O) groups is 2. The molecule has 4 amide bonds. The molecule has 48 heavy (non-hydrogen) atoms. The van der Waals surface area contributed by atoms with Gasteiger partial charge in [0.1, 0.15) is 23.1 Å². The predicted molar refractivity (Wildman–Crippen MR) is 188 cm³/mol. The molecule has 10 nitrogen and oxygen atoms in total. The Hall–Kier alpha value is -4.97. The normalized spacial score (nSPS) is 13.7. The lowest BCUT2D eigenvalue weighted by atomic mass is 9.92. The van der Waals surface area contributed by atoms with Crippen LogP contribution >= 0.6 is 11.3 Å². The summed E-state index contributed by atoms with van der Waals surface area (Å²) in [7, 11) is 0. The summed E-state index contributed by atoms with van der Waals surface area (Å²) in [6, 6.07) is 18.8. The Labute approximate surface area is 283 Å². The van der Waals surface area contributed by atoms with E-state index in [0.29, 0.717) is 28.0 Å². The number of benzene rings is 3. The van der Waals surface area contributed by atoms with Crippen LogP contribution in [0.15, 0.2) is 66.7 Å². The van der Waals surface area contributed by atoms with Crippen LogP contribution < -0.4 is 26.0 Å². The number of anilines is 2. The van der Waals surface area contributed by atoms with E-state index in [-0.39, 0.29) is 24.0 Å². The second-order valence-electron chi connectivity index (χ2n) is 13.2. The van der Waals surface area contributed by atoms with Gasteiger partial charge in [-0.1, -0.05) is 69.1 Å². The molecule has 1 saturated carbocycles. The Morgan fingerprint density at radius 3 is 2.48 bits per heavy atom. The Balaban J connectivity index is 1.12. The van der Waals surface area contributed by atoms with Gasteiger partial charge in [-0.3, -0.25) is 10.6 Å². The van der Waals surface area contributed by atoms with Crippen LogP contribution in [0.3, 0.4) is 0 Å². The second-order valence-corrected chi connectivity index (χ2v) is 14.2. The first-order chi connectivity index (χ1) is 23.0. The van der Waals surface area contributed by atoms with Crippen molar-refractivity contribution in [3.63, 3.8) is 0 Å². The Morgan fingerprint density at radius 1 is 0.958 bits per heavy atom. The molecule has 6 rings (SSSR count). The van der Waals surface area contributed by atoms with E-state index in [4.69, 9.17) is 9.84 Å². The lowest BCUT2D eigenvalue weighted by molar-refractivity contribution is 0.244. The third-order valence-electron chi connectivity index (χ3n) is 8.21. The number of amides is 4. The fourth-order valence-corrected chi connectivity index (χ4v) is 6.44. The average molecular weight is 670 g/mol. The summed E-state index contributed by atoms with van der Waals surface area (Å²) >= 11 is 1.34. The fraction of sp³-hybridized carbons (Fsp3) is 0.333. The molecule has 12 heteroatoms. The van der Waals surface area contributed by atoms with Crippen molar-refractivity contribution in [2.75, 3.05) is 10.6 Å². The topological polar surface area (TPSA) is 122 Å². The van der Waals surface area contributed by atoms with E-state index in [1.54, 1.807) is 10.7 Å². The van der Waals surface area contributed by atoms with Crippen molar-refractivity contribution in [3.8, 4) is 17.2 Å². The molecule has 0 saturated heterocycles. The molecule has 1 aliphatic carbocycles. The number of halogens is 1. The number of rotatable bonds is 8. The van der Waals surface area contributed by atoms with Crippen LogP contribution in [0.4, 0.5) is 24.9 Å². The highest BCUT2D eigenvalue weighted by Gasteiger charge is 2.22. The number of nitrogens with one attached hydrogen (secondary N) is 4. The summed E-state index contributed by atoms with van der Waals surface area (Å²) in [5, 5.41) is 16.9. The third kappa shape index (κ3) is 8.11. The average Bonchev–Trinajstić information content (AvgIpc) is 3.65. The number of hydrogen-bond donors (Lipinski definition) is 4. The minimum Gasteiger partial charge on any atom is -0.457 e. The van der Waals surface area contributed by atoms with E-state index in [0.717, 1.165) is 52.8 Å². The Morgan fingerprint density at radius 2 is 1.73 bits per heavy atom. The maximum absolute atomic E-state index is 14.4. The number of hydrogen-bond acceptors (Lipinski definition) is 6. The van der Waals surface area contributed by atoms with Crippen molar-refractivity contribution >= 4 is 44.6 Å². The molecule has 1 fully saturated rings. The molecule has 250 valence electrons. The van der Waals surface area contributed by atoms with Gasteiger partial charge >= 0.3 is 12.1 Å². The molecule has 0 unspecified atom stereocenters. The maximum atomic E-state index is 14.4. The number of aromatic nitrogens is 3. The van der Waals surface area contributed by atoms with Crippen LogP contribution in [0.1, 0.15) is 69.7 Å². The summed E-state index contributed by atoms with van der Waals surface area (Å²) in [4.78, 5) is 30.2. The Bertz CT molecular complexity index is 1920. The van der Waals surface area contributed by atoms with Crippen molar-refractivity contribution in [2.24, 2.45) is 0 Å². The van der Waals surface area contributed by atoms with Crippen molar-refractivity contribution in [2.45, 2.75) is 77.8 Å². The van der Waals surface area contributed by atoms with Gasteiger partial charge in [0, 0.05) is 35.7 Å². The SMILES string of the molecule is Cc1ccc(-n2nc(C(C)(C)C)cc2NC(=O)NCc2cc(F)ccc2Oc2ccc3nc(NC(=O)NC4CCCCC4)sc3c2)cc1. The smallest absolute Gasteiger partial charge is 0.321 e. The van der Waals surface area contributed by atoms with Crippen molar-refractivity contribution in [1.82, 2.24) is 25.4 Å². The summed E-state index contributed by atoms with van der Waals surface area (Å²) in [6.07, 6.45) is 5.48. The highest BCUT2D eigenvalue weighted by atomic mass is 32.1. The predicted octanol–water partition coefficient (Wildman–Crippen LogP) is 8.80. The second kappa shape index (κ2) is 14.0. The van der Waals surface area contributed by atoms with Gasteiger partial charge < -0.3 is 15.4 Å². The molecular formula is C36H40FN7O3S. The molecule has 0 atom stereocenters. The van der Waals surface area contributed by atoms with Crippen molar-refractivity contribution in [3.05, 3.63) is 89.4 Å². The molecule has 0 bridgehead atoms. The summed E-state index contributed by atoms with van der Waals surface area (Å²) in [5.41, 5.74) is 3.69. The zero-order valence-corrected chi connectivity index (χ0v) is 28.3. The van der Waals surface area contributed by atoms with Crippen LogP contribution in [0.2, 0.25) is 0 Å². The molecule has 0 radical (unpaired) electrons. The largest absolute Gasteiger partial charge is 0.457 e. The van der Waals surface area contributed by atoms with E-state index in [1.165, 1.54) is 36.0 Å². The van der Waals surface area contributed by atoms with Gasteiger partial charge in [0.15, 0.2) is 5.13 Å². The zero-order chi connectivity index (χ0) is 33.8. The third-order valence-corrected chi connectivity index (χ3v) is 9.14. The van der Waals surface area contributed by atoms with Crippen molar-refractivity contribution in [1.29, 1.82) is 0 Å². The summed E-state index contributed by atoms with van der Waals surface area (Å²) in [6.45, 7) is 8.20. The number of nitrogens with zero attached hydrogens (tertiary/aromatic N) is 3. The first-order valence-corrected chi connectivity index (χ1v) is 17.0. The minimum atomic E-state index is -0.474. The van der Waals surface area contributed by atoms with Crippen LogP contribution in [0, 0.1) is 12.7 Å². The van der Waals surface area contributed by atoms with Gasteiger partial charge in [-0.05, 0) is 62.2 Å². The molecule has 5 aromatic rings. The van der Waals surface area contributed by atoms with Gasteiger partial charge in [-0.25, -0.2) is 23.6 Å². The van der Waals surface area contributed by atoms with Gasteiger partial charge in [-0.2, -0.15) is 5.10 Å². The van der Waals surface area contributed by atoms with Gasteiger partial charge in [-0.15, -0.1) is 0 Å². The van der Waals surface area contributed by atoms with E-state index >= 15 is 0 Å². The first kappa shape index (κ1) is 33.0. The zero-order valence-electron chi connectivity index (χ0n) is 27.5. The quantitative estimate of drug-likeness (QED) is 0.132. The van der Waals surface area contributed by atoms with Crippen LogP contribution in [-0.2, 0) is 12.0 Å². The highest BCUT2D eigenvalue weighted by Crippen LogP contribution is 2.33. The number of thiazole rings is 1. The lowest BCUT2D eigenvalue weighted by Crippen LogP contribution is -2.38. The summed E-state index contributed by atoms with van der Waals surface area (Å²) in [5.74, 6) is 0.964. The van der Waals surface area contributed by atoms with Crippen molar-refractivity contribution < 1.29 is 18.7 Å². The number of fused-ring (bicyclic) bond motifs is 1. The molecule has 0 spiro atoms. The minimum absolute atomic E-state index is 0.0106. The van der Waals surface area contributed by atoms with Gasteiger partial charge in [0.25, 0.3) is 0 Å². The monoisotopic (exact) mass is 669 g/mol. The molecule has 2 heterocycles. The molecule has 3 aromatic carbocycles. The fourth-order valence-electron chi connectivity index (χ4n) is 5.56. The van der Waals surface area contributed by atoms with Crippen LogP contribution in [0.5, 0.6) is 11.5 Å². The molecule has 4 N–H and O–H groups in total. The Kier molecular flexibility index (Phi) is 9.63. The van der Waals surface area contributed by atoms with E-state index in [9.17, 15) is 14.0 Å². The number of carbonyl (C=O) groups excluding carboxylic acids is 2. The molecule has 2 aromatic heterocycles. The van der Waals surface area contributed by atoms with E-state index < -0.39 is 11.8 Å². The summed E-state index contributed by atoms with van der Waals surface area (Å²) < 4.78 is 23.1. The number of aryl methyl sites for hydroxylation is 1. The first-order valence-electron chi connectivity index (χ1n) is 16.2. The van der Waals surface area contributed by atoms with E-state index in [2.05, 4.69) is 47.0 Å². The highest BCUT2D eigenvalue weighted by molar-refractivity contribution is 7.22. The lowest BCUT2D eigenvalue weighted by Gasteiger charge is -2.22. The van der Waals surface area contributed by atoms with Crippen LogP contribution in [-0.4, -0.2) is 32.9 Å². The number of urea groups is 2. The molecular weight excluding hydrogens is 630 g/mol. The maximum Gasteiger partial charge on any atom is 0.321 e. The van der Waals surface area contributed by atoms with Crippen LogP contribution in [0.25, 0.3) is 15.9 Å². The molecule has 0 aliphatic heterocycles. The van der Waals surface area contributed by atoms with Gasteiger partial charge in [0.2, 0.25) is 0 Å². The van der Waals surface area contributed by atoms with E-state index in [1.807, 2.05) is 49.4 Å². The molecule has 1 aliphatic rings. The van der Waals surface area contributed by atoms with Gasteiger partial charge in [0.05, 0.1) is 21.6 Å². The standard InChI is InChI=1S/C36H40FN7O3S/c1-22-10-13-26(14-11-22)44-32(20-31(43-44)36(2,3)4)41-33(45)38-21-23-18-24(37)12-17-29(23)47-27-15-16-28-30(19-27)48-35(40-28)42-34(46)39-25-8-6-5-7-9-25/h10-20,25H,5-9,21H2,1-4H3,(H2,38,41,45)(H2,39,40,42,46).